The van der Waals surface area contributed by atoms with Crippen LogP contribution >= 0.6 is 0 Å². The number of nitrogens with one attached hydrogen (secondary N) is 1. The molecule has 0 saturated heterocycles. The normalized spacial score (nSPS) is 13.8. The first-order valence-electron chi connectivity index (χ1n) is 19.5. The zero-order chi connectivity index (χ0) is 37.2. The Bertz CT molecular complexity index is 3150. The maximum atomic E-state index is 6.17. The van der Waals surface area contributed by atoms with E-state index < -0.39 is 0 Å². The van der Waals surface area contributed by atoms with Gasteiger partial charge in [0.25, 0.3) is 0 Å². The summed E-state index contributed by atoms with van der Waals surface area (Å²) in [6, 6.07) is 63.4. The van der Waals surface area contributed by atoms with Crippen LogP contribution in [0.1, 0.15) is 18.1 Å². The first-order valence-corrected chi connectivity index (χ1v) is 19.5. The summed E-state index contributed by atoms with van der Waals surface area (Å²) in [5.74, 6) is 0.442. The molecule has 1 N–H and O–H groups in total. The minimum Gasteiger partial charge on any atom is -0.456 e. The average molecular weight is 719 g/mol. The topological polar surface area (TPSA) is 30.1 Å². The minimum atomic E-state index is 0.442. The highest BCUT2D eigenvalue weighted by Crippen LogP contribution is 2.42. The molecule has 3 nitrogen and oxygen atoms in total. The SMILES string of the molecule is CC1C=Cc2c(-c3ccc4oc5ccccc5c4c3)ccc(Nc3ccc(-c4ccc5c(c4)c4ccccc4n5-c4ccccc4)cc3-c3ccccc3)c2C1. The standard InChI is InChI=1S/C53H38N2O/c1-34-20-24-41-40(38-23-29-53-47(33-38)43-17-9-11-19-52(43)56-53)25-27-49(45(41)30-34)54-48-26-21-36(31-44(48)35-12-4-2-5-13-35)37-22-28-51-46(32-37)42-16-8-10-18-50(42)55(51)39-14-6-3-7-15-39/h2-29,31-34,54H,30H2,1H3. The molecule has 0 spiro atoms. The van der Waals surface area contributed by atoms with Crippen molar-refractivity contribution in [2.24, 2.45) is 5.92 Å². The highest BCUT2D eigenvalue weighted by Gasteiger charge is 2.21. The zero-order valence-electron chi connectivity index (χ0n) is 31.0. The molecule has 1 aliphatic carbocycles. The third-order valence-corrected chi connectivity index (χ3v) is 11.6. The van der Waals surface area contributed by atoms with Crippen LogP contribution in [0, 0.1) is 5.92 Å². The van der Waals surface area contributed by atoms with E-state index in [0.29, 0.717) is 5.92 Å². The summed E-state index contributed by atoms with van der Waals surface area (Å²) in [5.41, 5.74) is 17.5. The van der Waals surface area contributed by atoms with Crippen LogP contribution < -0.4 is 5.32 Å². The van der Waals surface area contributed by atoms with Crippen molar-refractivity contribution in [2.75, 3.05) is 5.32 Å². The van der Waals surface area contributed by atoms with Crippen molar-refractivity contribution >= 4 is 61.2 Å². The molecule has 10 aromatic rings. The van der Waals surface area contributed by atoms with Crippen molar-refractivity contribution in [3.8, 4) is 39.1 Å². The lowest BCUT2D eigenvalue weighted by Gasteiger charge is -2.24. The molecule has 1 unspecified atom stereocenters. The number of para-hydroxylation sites is 3. The molecule has 0 amide bonds. The Hall–Kier alpha value is -7.10. The molecule has 8 aromatic carbocycles. The Balaban J connectivity index is 1.01. The molecular weight excluding hydrogens is 681 g/mol. The lowest BCUT2D eigenvalue weighted by Crippen LogP contribution is -2.08. The fraction of sp³-hybridized carbons (Fsp3) is 0.0566. The molecule has 1 atom stereocenters. The summed E-state index contributed by atoms with van der Waals surface area (Å²) >= 11 is 0. The number of allylic oxidation sites excluding steroid dienone is 1. The highest BCUT2D eigenvalue weighted by molar-refractivity contribution is 6.11. The fourth-order valence-electron chi connectivity index (χ4n) is 8.83. The van der Waals surface area contributed by atoms with Crippen LogP contribution in [0.15, 0.2) is 186 Å². The van der Waals surface area contributed by atoms with Gasteiger partial charge in [-0.05, 0) is 118 Å². The molecule has 0 radical (unpaired) electrons. The fourth-order valence-corrected chi connectivity index (χ4v) is 8.83. The van der Waals surface area contributed by atoms with Gasteiger partial charge < -0.3 is 14.3 Å². The minimum absolute atomic E-state index is 0.442. The molecule has 266 valence electrons. The van der Waals surface area contributed by atoms with Crippen LogP contribution in [0.4, 0.5) is 11.4 Å². The van der Waals surface area contributed by atoms with Crippen molar-refractivity contribution in [2.45, 2.75) is 13.3 Å². The molecule has 2 heterocycles. The molecule has 1 aliphatic rings. The van der Waals surface area contributed by atoms with Crippen molar-refractivity contribution in [1.82, 2.24) is 4.57 Å². The Morgan fingerprint density at radius 3 is 2.04 bits per heavy atom. The number of furan rings is 1. The van der Waals surface area contributed by atoms with Gasteiger partial charge in [0.2, 0.25) is 0 Å². The van der Waals surface area contributed by atoms with E-state index in [0.717, 1.165) is 39.7 Å². The zero-order valence-corrected chi connectivity index (χ0v) is 31.0. The number of benzene rings is 8. The lowest BCUT2D eigenvalue weighted by molar-refractivity contribution is 0.669. The molecular formula is C53H38N2O. The molecule has 3 heteroatoms. The van der Waals surface area contributed by atoms with Gasteiger partial charge in [0, 0.05) is 44.2 Å². The maximum absolute atomic E-state index is 6.17. The van der Waals surface area contributed by atoms with Crippen molar-refractivity contribution in [3.05, 3.63) is 193 Å². The Morgan fingerprint density at radius 1 is 0.500 bits per heavy atom. The first-order chi connectivity index (χ1) is 27.7. The second-order valence-corrected chi connectivity index (χ2v) is 15.1. The number of fused-ring (bicyclic) bond motifs is 7. The van der Waals surface area contributed by atoms with Gasteiger partial charge in [0.05, 0.1) is 11.0 Å². The van der Waals surface area contributed by atoms with E-state index in [1.165, 1.54) is 72.0 Å². The second-order valence-electron chi connectivity index (χ2n) is 15.1. The van der Waals surface area contributed by atoms with Gasteiger partial charge in [-0.3, -0.25) is 0 Å². The summed E-state index contributed by atoms with van der Waals surface area (Å²) in [6.07, 6.45) is 5.64. The van der Waals surface area contributed by atoms with Gasteiger partial charge in [-0.2, -0.15) is 0 Å². The third kappa shape index (κ3) is 5.35. The molecule has 0 fully saturated rings. The van der Waals surface area contributed by atoms with Crippen molar-refractivity contribution in [1.29, 1.82) is 0 Å². The van der Waals surface area contributed by atoms with E-state index in [-0.39, 0.29) is 0 Å². The third-order valence-electron chi connectivity index (χ3n) is 11.6. The summed E-state index contributed by atoms with van der Waals surface area (Å²) in [7, 11) is 0. The average Bonchev–Trinajstić information content (AvgIpc) is 3.79. The molecule has 0 saturated carbocycles. The number of rotatable bonds is 6. The smallest absolute Gasteiger partial charge is 0.135 e. The second kappa shape index (κ2) is 13.0. The largest absolute Gasteiger partial charge is 0.456 e. The predicted molar refractivity (Wildman–Crippen MR) is 236 cm³/mol. The number of nitrogens with zero attached hydrogens (tertiary/aromatic N) is 1. The van der Waals surface area contributed by atoms with E-state index in [2.05, 4.69) is 193 Å². The van der Waals surface area contributed by atoms with E-state index in [1.54, 1.807) is 0 Å². The summed E-state index contributed by atoms with van der Waals surface area (Å²) in [6.45, 7) is 2.30. The van der Waals surface area contributed by atoms with Gasteiger partial charge in [0.15, 0.2) is 0 Å². The van der Waals surface area contributed by atoms with E-state index >= 15 is 0 Å². The number of hydrogen-bond donors (Lipinski definition) is 1. The van der Waals surface area contributed by atoms with E-state index in [4.69, 9.17) is 4.42 Å². The number of aromatic nitrogens is 1. The van der Waals surface area contributed by atoms with Crippen LogP contribution in [0.25, 0.3) is 88.9 Å². The van der Waals surface area contributed by atoms with Gasteiger partial charge in [0.1, 0.15) is 11.2 Å². The maximum Gasteiger partial charge on any atom is 0.135 e. The van der Waals surface area contributed by atoms with Crippen LogP contribution in [0.3, 0.4) is 0 Å². The van der Waals surface area contributed by atoms with Gasteiger partial charge in [-0.25, -0.2) is 0 Å². The Labute approximate surface area is 325 Å². The molecule has 0 aliphatic heterocycles. The summed E-state index contributed by atoms with van der Waals surface area (Å²) in [4.78, 5) is 0. The molecule has 2 aromatic heterocycles. The first kappa shape index (κ1) is 32.3. The quantitative estimate of drug-likeness (QED) is 0.186. The van der Waals surface area contributed by atoms with Gasteiger partial charge in [-0.1, -0.05) is 128 Å². The van der Waals surface area contributed by atoms with Crippen molar-refractivity contribution in [3.63, 3.8) is 0 Å². The molecule has 0 bridgehead atoms. The Morgan fingerprint density at radius 2 is 1.16 bits per heavy atom. The van der Waals surface area contributed by atoms with Crippen LogP contribution in [-0.2, 0) is 6.42 Å². The van der Waals surface area contributed by atoms with Gasteiger partial charge >= 0.3 is 0 Å². The van der Waals surface area contributed by atoms with E-state index in [9.17, 15) is 0 Å². The van der Waals surface area contributed by atoms with Crippen LogP contribution in [-0.4, -0.2) is 4.57 Å². The van der Waals surface area contributed by atoms with E-state index in [1.807, 2.05) is 12.1 Å². The monoisotopic (exact) mass is 718 g/mol. The van der Waals surface area contributed by atoms with Crippen molar-refractivity contribution < 1.29 is 4.42 Å². The highest BCUT2D eigenvalue weighted by atomic mass is 16.3. The van der Waals surface area contributed by atoms with Gasteiger partial charge in [-0.15, -0.1) is 0 Å². The molecule has 11 rings (SSSR count). The van der Waals surface area contributed by atoms with Crippen LogP contribution in [0.2, 0.25) is 0 Å². The van der Waals surface area contributed by atoms with Crippen LogP contribution in [0.5, 0.6) is 0 Å². The Kier molecular flexibility index (Phi) is 7.53. The molecule has 56 heavy (non-hydrogen) atoms. The predicted octanol–water partition coefficient (Wildman–Crippen LogP) is 14.6. The summed E-state index contributed by atoms with van der Waals surface area (Å²) < 4.78 is 8.54. The summed E-state index contributed by atoms with van der Waals surface area (Å²) in [5, 5.41) is 8.75. The lowest BCUT2D eigenvalue weighted by atomic mass is 9.84. The number of anilines is 2. The number of hydrogen-bond acceptors (Lipinski definition) is 2.